The van der Waals surface area contributed by atoms with E-state index in [1.54, 1.807) is 0 Å². The summed E-state index contributed by atoms with van der Waals surface area (Å²) in [6, 6.07) is 15.3. The molecule has 0 radical (unpaired) electrons. The molecule has 33 heavy (non-hydrogen) atoms. The zero-order valence-electron chi connectivity index (χ0n) is 19.0. The van der Waals surface area contributed by atoms with Crippen molar-refractivity contribution in [2.24, 2.45) is 0 Å². The van der Waals surface area contributed by atoms with Gasteiger partial charge in [-0.3, -0.25) is 9.78 Å². The summed E-state index contributed by atoms with van der Waals surface area (Å²) in [7, 11) is 0. The van der Waals surface area contributed by atoms with Crippen molar-refractivity contribution in [3.63, 3.8) is 0 Å². The molecule has 2 aliphatic rings. The molecule has 1 aromatic carbocycles. The van der Waals surface area contributed by atoms with Crippen molar-refractivity contribution in [3.8, 4) is 5.75 Å². The number of para-hydroxylation sites is 1. The first-order valence-electron chi connectivity index (χ1n) is 11.7. The fourth-order valence-electron chi connectivity index (χ4n) is 4.78. The molecule has 1 atom stereocenters. The maximum absolute atomic E-state index is 13.0. The summed E-state index contributed by atoms with van der Waals surface area (Å²) < 4.78 is 5.71. The van der Waals surface area contributed by atoms with E-state index in [0.717, 1.165) is 61.8 Å². The number of hydrogen-bond donors (Lipinski definition) is 0. The highest BCUT2D eigenvalue weighted by Crippen LogP contribution is 2.34. The van der Waals surface area contributed by atoms with E-state index in [0.29, 0.717) is 12.3 Å². The number of anilines is 1. The molecular formula is C26H29N5O2. The lowest BCUT2D eigenvalue weighted by atomic mass is 10.0. The summed E-state index contributed by atoms with van der Waals surface area (Å²) in [5.74, 6) is 2.41. The second-order valence-electron chi connectivity index (χ2n) is 8.66. The molecule has 2 aromatic heterocycles. The summed E-state index contributed by atoms with van der Waals surface area (Å²) >= 11 is 0. The lowest BCUT2D eigenvalue weighted by Gasteiger charge is -2.32. The van der Waals surface area contributed by atoms with Crippen LogP contribution in [0.2, 0.25) is 0 Å². The number of amides is 1. The van der Waals surface area contributed by atoms with E-state index in [2.05, 4.69) is 16.8 Å². The number of benzene rings is 1. The van der Waals surface area contributed by atoms with Crippen LogP contribution in [0, 0.1) is 6.92 Å². The molecule has 4 heterocycles. The Balaban J connectivity index is 1.36. The zero-order chi connectivity index (χ0) is 22.6. The molecule has 0 spiro atoms. The molecule has 0 unspecified atom stereocenters. The first-order valence-corrected chi connectivity index (χ1v) is 11.7. The second kappa shape index (κ2) is 9.57. The lowest BCUT2D eigenvalue weighted by molar-refractivity contribution is -0.134. The Morgan fingerprint density at radius 2 is 1.91 bits per heavy atom. The Labute approximate surface area is 194 Å². The summed E-state index contributed by atoms with van der Waals surface area (Å²) in [5, 5.41) is 0. The quantitative estimate of drug-likeness (QED) is 0.576. The molecule has 5 rings (SSSR count). The highest BCUT2D eigenvalue weighted by molar-refractivity contribution is 5.78. The number of aryl methyl sites for hydroxylation is 1. The Morgan fingerprint density at radius 1 is 1.06 bits per heavy atom. The van der Waals surface area contributed by atoms with Gasteiger partial charge in [-0.1, -0.05) is 24.3 Å². The van der Waals surface area contributed by atoms with Gasteiger partial charge in [0.2, 0.25) is 0 Å². The first kappa shape index (κ1) is 21.4. The number of ether oxygens (including phenoxy) is 1. The van der Waals surface area contributed by atoms with Gasteiger partial charge in [0.05, 0.1) is 18.3 Å². The number of carbonyl (C=O) groups excluding carboxylic acids is 1. The largest absolute Gasteiger partial charge is 0.484 e. The highest BCUT2D eigenvalue weighted by Gasteiger charge is 2.34. The summed E-state index contributed by atoms with van der Waals surface area (Å²) in [6.07, 6.45) is 5.71. The van der Waals surface area contributed by atoms with E-state index in [9.17, 15) is 4.79 Å². The van der Waals surface area contributed by atoms with Crippen LogP contribution in [0.4, 0.5) is 5.82 Å². The lowest BCUT2D eigenvalue weighted by Crippen LogP contribution is -2.36. The zero-order valence-corrected chi connectivity index (χ0v) is 19.0. The number of carbonyl (C=O) groups is 1. The molecule has 170 valence electrons. The number of rotatable bonds is 6. The number of nitrogens with zero attached hydrogens (tertiary/aromatic N) is 5. The molecule has 0 N–H and O–H groups in total. The molecule has 7 heteroatoms. The van der Waals surface area contributed by atoms with Crippen molar-refractivity contribution < 1.29 is 9.53 Å². The van der Waals surface area contributed by atoms with Crippen LogP contribution in [0.3, 0.4) is 0 Å². The van der Waals surface area contributed by atoms with Gasteiger partial charge in [-0.15, -0.1) is 0 Å². The third-order valence-corrected chi connectivity index (χ3v) is 6.42. The van der Waals surface area contributed by atoms with Crippen LogP contribution < -0.4 is 9.64 Å². The van der Waals surface area contributed by atoms with Crippen molar-refractivity contribution in [2.75, 3.05) is 24.6 Å². The van der Waals surface area contributed by atoms with E-state index in [1.807, 2.05) is 59.6 Å². The molecule has 7 nitrogen and oxygen atoms in total. The van der Waals surface area contributed by atoms with Crippen LogP contribution in [-0.2, 0) is 17.8 Å². The van der Waals surface area contributed by atoms with Gasteiger partial charge in [-0.05, 0) is 56.9 Å². The Morgan fingerprint density at radius 3 is 2.73 bits per heavy atom. The predicted octanol–water partition coefficient (Wildman–Crippen LogP) is 3.88. The van der Waals surface area contributed by atoms with Crippen LogP contribution in [0.1, 0.15) is 48.1 Å². The van der Waals surface area contributed by atoms with Crippen molar-refractivity contribution in [1.29, 1.82) is 0 Å². The van der Waals surface area contributed by atoms with Crippen LogP contribution in [0.25, 0.3) is 0 Å². The molecule has 1 saturated heterocycles. The number of aromatic nitrogens is 3. The summed E-state index contributed by atoms with van der Waals surface area (Å²) in [4.78, 5) is 31.6. The maximum atomic E-state index is 13.0. The van der Waals surface area contributed by atoms with E-state index >= 15 is 0 Å². The minimum atomic E-state index is -0.112. The molecule has 1 amide bonds. The van der Waals surface area contributed by atoms with Gasteiger partial charge in [-0.2, -0.15) is 0 Å². The van der Waals surface area contributed by atoms with Crippen molar-refractivity contribution >= 4 is 11.7 Å². The van der Waals surface area contributed by atoms with Crippen LogP contribution in [0.5, 0.6) is 5.75 Å². The van der Waals surface area contributed by atoms with Crippen molar-refractivity contribution in [3.05, 3.63) is 77.5 Å². The van der Waals surface area contributed by atoms with Gasteiger partial charge < -0.3 is 14.5 Å². The Bertz CT molecular complexity index is 1110. The summed E-state index contributed by atoms with van der Waals surface area (Å²) in [5.41, 5.74) is 3.25. The second-order valence-corrected chi connectivity index (χ2v) is 8.66. The molecule has 0 bridgehead atoms. The molecular weight excluding hydrogens is 414 g/mol. The van der Waals surface area contributed by atoms with Gasteiger partial charge in [0.1, 0.15) is 11.6 Å². The summed E-state index contributed by atoms with van der Waals surface area (Å²) in [6.45, 7) is 4.46. The van der Waals surface area contributed by atoms with Crippen molar-refractivity contribution in [2.45, 2.75) is 45.2 Å². The van der Waals surface area contributed by atoms with Gasteiger partial charge in [0.25, 0.3) is 5.91 Å². The Hall–Kier alpha value is -3.48. The normalized spacial score (nSPS) is 17.7. The third-order valence-electron chi connectivity index (χ3n) is 6.42. The smallest absolute Gasteiger partial charge is 0.261 e. The Kier molecular flexibility index (Phi) is 6.19. The average molecular weight is 444 g/mol. The predicted molar refractivity (Wildman–Crippen MR) is 126 cm³/mol. The highest BCUT2D eigenvalue weighted by atomic mass is 16.5. The van der Waals surface area contributed by atoms with Crippen LogP contribution in [0.15, 0.2) is 54.7 Å². The maximum Gasteiger partial charge on any atom is 0.261 e. The SMILES string of the molecule is Cc1nc([C@H]2CCCN2C(=O)COc2ccccc2)nc2c1CCCN2Cc1ccccn1. The van der Waals surface area contributed by atoms with Crippen molar-refractivity contribution in [1.82, 2.24) is 19.9 Å². The fraction of sp³-hybridized carbons (Fsp3) is 0.385. The topological polar surface area (TPSA) is 71.5 Å². The number of likely N-dealkylation sites (tertiary alicyclic amines) is 1. The number of pyridine rings is 1. The minimum Gasteiger partial charge on any atom is -0.484 e. The average Bonchev–Trinajstić information content (AvgIpc) is 3.34. The molecule has 3 aromatic rings. The van der Waals surface area contributed by atoms with E-state index in [-0.39, 0.29) is 18.6 Å². The monoisotopic (exact) mass is 443 g/mol. The van der Waals surface area contributed by atoms with E-state index < -0.39 is 0 Å². The van der Waals surface area contributed by atoms with E-state index in [1.165, 1.54) is 5.56 Å². The van der Waals surface area contributed by atoms with Gasteiger partial charge >= 0.3 is 0 Å². The minimum absolute atomic E-state index is 0.0225. The first-order chi connectivity index (χ1) is 16.2. The number of hydrogen-bond acceptors (Lipinski definition) is 6. The van der Waals surface area contributed by atoms with Gasteiger partial charge in [0, 0.05) is 30.5 Å². The molecule has 2 aliphatic heterocycles. The number of fused-ring (bicyclic) bond motifs is 1. The molecule has 0 aliphatic carbocycles. The van der Waals surface area contributed by atoms with E-state index in [4.69, 9.17) is 14.7 Å². The van der Waals surface area contributed by atoms with Crippen LogP contribution >= 0.6 is 0 Å². The fourth-order valence-corrected chi connectivity index (χ4v) is 4.78. The third kappa shape index (κ3) is 4.67. The van der Waals surface area contributed by atoms with Crippen LogP contribution in [-0.4, -0.2) is 45.5 Å². The molecule has 0 saturated carbocycles. The standard InChI is InChI=1S/C26H29N5O2/c1-19-22-12-7-15-30(17-20-9-5-6-14-27-20)26(22)29-25(28-19)23-13-8-16-31(23)24(32)18-33-21-10-3-2-4-11-21/h2-6,9-11,14,23H,7-8,12-13,15-18H2,1H3/t23-/m1/s1. The van der Waals surface area contributed by atoms with Gasteiger partial charge in [-0.25, -0.2) is 9.97 Å². The molecule has 1 fully saturated rings. The van der Waals surface area contributed by atoms with Gasteiger partial charge in [0.15, 0.2) is 12.4 Å².